The lowest BCUT2D eigenvalue weighted by Crippen LogP contribution is -2.15. The molecule has 0 radical (unpaired) electrons. The fourth-order valence-electron chi connectivity index (χ4n) is 2.18. The monoisotopic (exact) mass is 365 g/mol. The minimum atomic E-state index is -3.68. The maximum atomic E-state index is 12.8. The zero-order valence-electron chi connectivity index (χ0n) is 14.7. The van der Waals surface area contributed by atoms with Crippen molar-refractivity contribution >= 4 is 13.5 Å². The van der Waals surface area contributed by atoms with Crippen LogP contribution in [0.25, 0.3) is 0 Å². The molecule has 0 aromatic heterocycles. The van der Waals surface area contributed by atoms with Gasteiger partial charge in [-0.05, 0) is 38.1 Å². The number of hydrogen-bond acceptors (Lipinski definition) is 6. The van der Waals surface area contributed by atoms with Crippen molar-refractivity contribution in [2.45, 2.75) is 20.1 Å². The van der Waals surface area contributed by atoms with Gasteiger partial charge in [0.15, 0.2) is 6.23 Å². The molecule has 0 fully saturated rings. The minimum absolute atomic E-state index is 0.224. The standard InChI is InChI=1S/C18H24NO5P/c1-4-22-25(20,23-5-2)24-18(15-9-7-6-8-10-15)19-16-11-13-17(21-3)14-12-16/h6-14,18-19H,4-5H2,1-3H3. The summed E-state index contributed by atoms with van der Waals surface area (Å²) in [4.78, 5) is 0. The third-order valence-electron chi connectivity index (χ3n) is 3.30. The third kappa shape index (κ3) is 5.87. The van der Waals surface area contributed by atoms with Crippen molar-refractivity contribution in [2.24, 2.45) is 0 Å². The lowest BCUT2D eigenvalue weighted by molar-refractivity contribution is 0.0941. The number of methoxy groups -OCH3 is 1. The van der Waals surface area contributed by atoms with Crippen molar-refractivity contribution in [3.8, 4) is 5.75 Å². The lowest BCUT2D eigenvalue weighted by Gasteiger charge is -2.25. The van der Waals surface area contributed by atoms with E-state index in [1.54, 1.807) is 21.0 Å². The summed E-state index contributed by atoms with van der Waals surface area (Å²) in [6.45, 7) is 3.93. The molecule has 7 heteroatoms. The Morgan fingerprint density at radius 1 is 0.960 bits per heavy atom. The van der Waals surface area contributed by atoms with Gasteiger partial charge in [0, 0.05) is 11.3 Å². The third-order valence-corrected chi connectivity index (χ3v) is 4.92. The number of phosphoric acid groups is 1. The lowest BCUT2D eigenvalue weighted by atomic mass is 10.2. The Balaban J connectivity index is 2.24. The molecule has 0 spiro atoms. The molecule has 0 amide bonds. The molecule has 0 aliphatic carbocycles. The van der Waals surface area contributed by atoms with Gasteiger partial charge in [-0.25, -0.2) is 4.57 Å². The quantitative estimate of drug-likeness (QED) is 0.472. The number of anilines is 1. The molecule has 6 nitrogen and oxygen atoms in total. The van der Waals surface area contributed by atoms with Gasteiger partial charge in [-0.1, -0.05) is 30.3 Å². The molecule has 2 aromatic carbocycles. The molecule has 2 aromatic rings. The molecule has 1 N–H and O–H groups in total. The van der Waals surface area contributed by atoms with Gasteiger partial charge in [0.05, 0.1) is 20.3 Å². The van der Waals surface area contributed by atoms with Gasteiger partial charge < -0.3 is 10.1 Å². The molecule has 0 heterocycles. The second-order valence-electron chi connectivity index (χ2n) is 5.05. The average molecular weight is 365 g/mol. The summed E-state index contributed by atoms with van der Waals surface area (Å²) in [6.07, 6.45) is -0.696. The van der Waals surface area contributed by atoms with Gasteiger partial charge in [0.1, 0.15) is 5.75 Å². The molecule has 0 saturated carbocycles. The fraction of sp³-hybridized carbons (Fsp3) is 0.333. The Bertz CT molecular complexity index is 668. The van der Waals surface area contributed by atoms with E-state index >= 15 is 0 Å². The van der Waals surface area contributed by atoms with Crippen LogP contribution in [0.15, 0.2) is 54.6 Å². The first kappa shape index (κ1) is 19.5. The normalized spacial score (nSPS) is 12.6. The van der Waals surface area contributed by atoms with Crippen LogP contribution in [0.5, 0.6) is 5.75 Å². The Kier molecular flexibility index (Phi) is 7.47. The topological polar surface area (TPSA) is 66.0 Å². The predicted octanol–water partition coefficient (Wildman–Crippen LogP) is 5.00. The molecule has 0 aliphatic heterocycles. The van der Waals surface area contributed by atoms with Gasteiger partial charge in [0.2, 0.25) is 0 Å². The van der Waals surface area contributed by atoms with Crippen molar-refractivity contribution in [1.29, 1.82) is 0 Å². The van der Waals surface area contributed by atoms with E-state index in [1.165, 1.54) is 0 Å². The second-order valence-corrected chi connectivity index (χ2v) is 6.67. The summed E-state index contributed by atoms with van der Waals surface area (Å²) in [7, 11) is -2.07. The molecule has 25 heavy (non-hydrogen) atoms. The number of benzene rings is 2. The van der Waals surface area contributed by atoms with E-state index in [0.29, 0.717) is 0 Å². The Morgan fingerprint density at radius 3 is 2.08 bits per heavy atom. The summed E-state index contributed by atoms with van der Waals surface area (Å²) in [5, 5.41) is 3.21. The van der Waals surface area contributed by atoms with Crippen LogP contribution in [0.1, 0.15) is 25.6 Å². The summed E-state index contributed by atoms with van der Waals surface area (Å²) in [6, 6.07) is 16.8. The largest absolute Gasteiger partial charge is 0.497 e. The average Bonchev–Trinajstić information content (AvgIpc) is 2.63. The molecule has 136 valence electrons. The Labute approximate surface area is 148 Å². The van der Waals surface area contributed by atoms with Crippen LogP contribution in [0.4, 0.5) is 5.69 Å². The van der Waals surface area contributed by atoms with E-state index in [9.17, 15) is 4.57 Å². The van der Waals surface area contributed by atoms with Gasteiger partial charge in [0.25, 0.3) is 0 Å². The summed E-state index contributed by atoms with van der Waals surface area (Å²) < 4.78 is 34.1. The molecule has 1 unspecified atom stereocenters. The van der Waals surface area contributed by atoms with Crippen molar-refractivity contribution in [3.05, 3.63) is 60.2 Å². The van der Waals surface area contributed by atoms with E-state index in [0.717, 1.165) is 17.0 Å². The zero-order chi connectivity index (χ0) is 18.1. The highest BCUT2D eigenvalue weighted by Crippen LogP contribution is 2.53. The Hall–Kier alpha value is -1.85. The SMILES string of the molecule is CCOP(=O)(OCC)OC(Nc1ccc(OC)cc1)c1ccccc1. The molecule has 0 saturated heterocycles. The van der Waals surface area contributed by atoms with Crippen LogP contribution in [-0.2, 0) is 18.1 Å². The highest BCUT2D eigenvalue weighted by molar-refractivity contribution is 7.48. The number of ether oxygens (including phenoxy) is 1. The summed E-state index contributed by atoms with van der Waals surface area (Å²) in [5.74, 6) is 0.747. The number of nitrogens with one attached hydrogen (secondary N) is 1. The number of phosphoric ester groups is 1. The fourth-order valence-corrected chi connectivity index (χ4v) is 3.44. The maximum absolute atomic E-state index is 12.8. The van der Waals surface area contributed by atoms with Crippen LogP contribution in [0.2, 0.25) is 0 Å². The molecular weight excluding hydrogens is 341 g/mol. The zero-order valence-corrected chi connectivity index (χ0v) is 15.6. The second kappa shape index (κ2) is 9.59. The summed E-state index contributed by atoms with van der Waals surface area (Å²) in [5.41, 5.74) is 1.59. The van der Waals surface area contributed by atoms with E-state index in [-0.39, 0.29) is 13.2 Å². The van der Waals surface area contributed by atoms with Gasteiger partial charge in [-0.15, -0.1) is 0 Å². The minimum Gasteiger partial charge on any atom is -0.497 e. The molecular formula is C18H24NO5P. The van der Waals surface area contributed by atoms with Crippen LogP contribution >= 0.6 is 7.82 Å². The van der Waals surface area contributed by atoms with E-state index in [1.807, 2.05) is 54.6 Å². The van der Waals surface area contributed by atoms with Gasteiger partial charge in [-0.3, -0.25) is 13.6 Å². The number of rotatable bonds is 10. The van der Waals surface area contributed by atoms with Crippen LogP contribution in [-0.4, -0.2) is 20.3 Å². The van der Waals surface area contributed by atoms with Crippen molar-refractivity contribution in [1.82, 2.24) is 0 Å². The van der Waals surface area contributed by atoms with E-state index in [4.69, 9.17) is 18.3 Å². The summed E-state index contributed by atoms with van der Waals surface area (Å²) >= 11 is 0. The molecule has 2 rings (SSSR count). The molecule has 1 atom stereocenters. The van der Waals surface area contributed by atoms with E-state index in [2.05, 4.69) is 5.32 Å². The van der Waals surface area contributed by atoms with Crippen LogP contribution in [0, 0.1) is 0 Å². The maximum Gasteiger partial charge on any atom is 0.476 e. The highest BCUT2D eigenvalue weighted by Gasteiger charge is 2.31. The number of hydrogen-bond donors (Lipinski definition) is 1. The van der Waals surface area contributed by atoms with Crippen molar-refractivity contribution < 1.29 is 22.9 Å². The first-order chi connectivity index (χ1) is 12.1. The first-order valence-corrected chi connectivity index (χ1v) is 9.59. The van der Waals surface area contributed by atoms with Crippen LogP contribution in [0.3, 0.4) is 0 Å². The van der Waals surface area contributed by atoms with Gasteiger partial charge >= 0.3 is 7.82 Å². The van der Waals surface area contributed by atoms with Crippen LogP contribution < -0.4 is 10.1 Å². The smallest absolute Gasteiger partial charge is 0.476 e. The predicted molar refractivity (Wildman–Crippen MR) is 97.7 cm³/mol. The van der Waals surface area contributed by atoms with Crippen molar-refractivity contribution in [2.75, 3.05) is 25.6 Å². The molecule has 0 aliphatic rings. The molecule has 0 bridgehead atoms. The first-order valence-electron chi connectivity index (χ1n) is 8.13. The van der Waals surface area contributed by atoms with Gasteiger partial charge in [-0.2, -0.15) is 0 Å². The Morgan fingerprint density at radius 2 is 1.56 bits per heavy atom. The highest BCUT2D eigenvalue weighted by atomic mass is 31.2. The van der Waals surface area contributed by atoms with Crippen molar-refractivity contribution in [3.63, 3.8) is 0 Å². The van der Waals surface area contributed by atoms with E-state index < -0.39 is 14.1 Å².